The first-order chi connectivity index (χ1) is 18.2. The summed E-state index contributed by atoms with van der Waals surface area (Å²) in [5, 5.41) is 8.99. The van der Waals surface area contributed by atoms with E-state index in [4.69, 9.17) is 5.73 Å². The summed E-state index contributed by atoms with van der Waals surface area (Å²) < 4.78 is 37.8. The van der Waals surface area contributed by atoms with Crippen molar-refractivity contribution in [2.45, 2.75) is 6.42 Å². The van der Waals surface area contributed by atoms with Gasteiger partial charge in [-0.1, -0.05) is 6.07 Å². The van der Waals surface area contributed by atoms with Crippen LogP contribution in [0.15, 0.2) is 67.3 Å². The molecule has 0 spiro atoms. The Morgan fingerprint density at radius 3 is 2.61 bits per heavy atom. The molecule has 5 heterocycles. The van der Waals surface area contributed by atoms with Crippen molar-refractivity contribution < 1.29 is 12.8 Å². The number of anilines is 1. The summed E-state index contributed by atoms with van der Waals surface area (Å²) >= 11 is 0. The van der Waals surface area contributed by atoms with Gasteiger partial charge in [-0.25, -0.2) is 22.8 Å². The van der Waals surface area contributed by atoms with E-state index in [1.165, 1.54) is 18.4 Å². The zero-order valence-corrected chi connectivity index (χ0v) is 21.1. The average molecular weight is 528 g/mol. The smallest absolute Gasteiger partial charge is 0.181 e. The summed E-state index contributed by atoms with van der Waals surface area (Å²) in [6, 6.07) is 12.2. The predicted molar refractivity (Wildman–Crippen MR) is 145 cm³/mol. The van der Waals surface area contributed by atoms with Crippen molar-refractivity contribution in [3.05, 3.63) is 78.6 Å². The fraction of sp³-hybridized carbons (Fsp3) is 0.111. The molecule has 6 aromatic rings. The van der Waals surface area contributed by atoms with Crippen molar-refractivity contribution in [3.8, 4) is 33.6 Å². The number of aromatic nitrogens is 6. The summed E-state index contributed by atoms with van der Waals surface area (Å²) in [4.78, 5) is 16.4. The Labute approximate surface area is 216 Å². The largest absolute Gasteiger partial charge is 0.397 e. The minimum absolute atomic E-state index is 0.0511. The second-order valence-corrected chi connectivity index (χ2v) is 11.5. The molecule has 0 amide bonds. The Balaban J connectivity index is 1.43. The van der Waals surface area contributed by atoms with E-state index in [1.807, 2.05) is 30.3 Å². The van der Waals surface area contributed by atoms with Gasteiger partial charge >= 0.3 is 0 Å². The van der Waals surface area contributed by atoms with Gasteiger partial charge in [-0.15, -0.1) is 0 Å². The number of H-pyrrole nitrogens is 2. The van der Waals surface area contributed by atoms with Crippen LogP contribution in [-0.2, 0) is 16.3 Å². The SMILES string of the molecule is CS(=O)(=O)CCc1cc(F)cc(-c2ccnc3[nH]c(-c4[nH]nc5ncc(-c6cncc(N)c6)cc45)cc23)c1. The van der Waals surface area contributed by atoms with Crippen molar-refractivity contribution in [1.82, 2.24) is 30.1 Å². The topological polar surface area (TPSA) is 143 Å². The van der Waals surface area contributed by atoms with Crippen LogP contribution in [0, 0.1) is 5.82 Å². The van der Waals surface area contributed by atoms with Crippen LogP contribution < -0.4 is 5.73 Å². The molecule has 0 unspecified atom stereocenters. The summed E-state index contributed by atoms with van der Waals surface area (Å²) in [7, 11) is -3.17. The van der Waals surface area contributed by atoms with Crippen molar-refractivity contribution in [1.29, 1.82) is 0 Å². The lowest BCUT2D eigenvalue weighted by molar-refractivity contribution is 0.600. The highest BCUT2D eigenvalue weighted by molar-refractivity contribution is 7.90. The molecule has 38 heavy (non-hydrogen) atoms. The molecule has 5 aromatic heterocycles. The van der Waals surface area contributed by atoms with Crippen LogP contribution in [0.5, 0.6) is 0 Å². The lowest BCUT2D eigenvalue weighted by Gasteiger charge is -2.07. The maximum atomic E-state index is 14.5. The van der Waals surface area contributed by atoms with Gasteiger partial charge in [0.2, 0.25) is 0 Å². The van der Waals surface area contributed by atoms with Crippen molar-refractivity contribution in [2.24, 2.45) is 0 Å². The molecule has 1 aromatic carbocycles. The molecule has 0 aliphatic rings. The van der Waals surface area contributed by atoms with E-state index in [9.17, 15) is 12.8 Å². The second-order valence-electron chi connectivity index (χ2n) is 9.23. The Morgan fingerprint density at radius 2 is 1.79 bits per heavy atom. The highest BCUT2D eigenvalue weighted by Crippen LogP contribution is 2.34. The number of benzene rings is 1. The molecule has 0 saturated heterocycles. The fourth-order valence-corrected chi connectivity index (χ4v) is 5.15. The summed E-state index contributed by atoms with van der Waals surface area (Å²) in [6.07, 6.45) is 8.08. The number of rotatable bonds is 6. The van der Waals surface area contributed by atoms with Gasteiger partial charge in [0.25, 0.3) is 0 Å². The minimum Gasteiger partial charge on any atom is -0.397 e. The molecule has 11 heteroatoms. The minimum atomic E-state index is -3.17. The number of nitrogens with one attached hydrogen (secondary N) is 2. The number of hydrogen-bond acceptors (Lipinski definition) is 7. The quantitative estimate of drug-likeness (QED) is 0.288. The first-order valence-corrected chi connectivity index (χ1v) is 13.8. The molecule has 0 fully saturated rings. The van der Waals surface area contributed by atoms with Crippen LogP contribution in [0.25, 0.3) is 55.7 Å². The highest BCUT2D eigenvalue weighted by Gasteiger charge is 2.16. The van der Waals surface area contributed by atoms with E-state index in [0.29, 0.717) is 28.1 Å². The molecule has 190 valence electrons. The third-order valence-corrected chi connectivity index (χ3v) is 7.28. The van der Waals surface area contributed by atoms with Crippen LogP contribution >= 0.6 is 0 Å². The Hall–Kier alpha value is -4.64. The molecular formula is C27H22FN7O2S. The van der Waals surface area contributed by atoms with E-state index in [-0.39, 0.29) is 12.2 Å². The summed E-state index contributed by atoms with van der Waals surface area (Å²) in [6.45, 7) is 0. The molecule has 0 aliphatic heterocycles. The zero-order valence-electron chi connectivity index (χ0n) is 20.2. The van der Waals surface area contributed by atoms with E-state index in [0.717, 1.165) is 38.9 Å². The third-order valence-electron chi connectivity index (χ3n) is 6.33. The number of pyridine rings is 3. The lowest BCUT2D eigenvalue weighted by atomic mass is 10.00. The maximum absolute atomic E-state index is 14.5. The van der Waals surface area contributed by atoms with Crippen LogP contribution in [0.1, 0.15) is 5.56 Å². The predicted octanol–water partition coefficient (Wildman–Crippen LogP) is 4.54. The number of aryl methyl sites for hydroxylation is 1. The lowest BCUT2D eigenvalue weighted by Crippen LogP contribution is -2.06. The number of halogens is 1. The molecule has 0 radical (unpaired) electrons. The van der Waals surface area contributed by atoms with Crippen molar-refractivity contribution >= 4 is 37.6 Å². The zero-order chi connectivity index (χ0) is 26.4. The van der Waals surface area contributed by atoms with Gasteiger partial charge in [0.15, 0.2) is 5.65 Å². The molecule has 9 nitrogen and oxygen atoms in total. The number of nitrogen functional groups attached to an aromatic ring is 1. The molecule has 4 N–H and O–H groups in total. The van der Waals surface area contributed by atoms with Crippen molar-refractivity contribution in [3.63, 3.8) is 0 Å². The summed E-state index contributed by atoms with van der Waals surface area (Å²) in [5.41, 5.74) is 12.8. The highest BCUT2D eigenvalue weighted by atomic mass is 32.2. The molecule has 0 saturated carbocycles. The van der Waals surface area contributed by atoms with E-state index in [2.05, 4.69) is 30.1 Å². The third kappa shape index (κ3) is 4.59. The van der Waals surface area contributed by atoms with Crippen molar-refractivity contribution in [2.75, 3.05) is 17.7 Å². The van der Waals surface area contributed by atoms with Gasteiger partial charge in [-0.2, -0.15) is 5.10 Å². The van der Waals surface area contributed by atoms with Gasteiger partial charge in [0.1, 0.15) is 21.3 Å². The molecule has 0 atom stereocenters. The maximum Gasteiger partial charge on any atom is 0.181 e. The monoisotopic (exact) mass is 527 g/mol. The first kappa shape index (κ1) is 23.7. The number of nitrogens with two attached hydrogens (primary N) is 1. The number of fused-ring (bicyclic) bond motifs is 2. The number of nitrogens with zero attached hydrogens (tertiary/aromatic N) is 4. The Bertz CT molecular complexity index is 1950. The van der Waals surface area contributed by atoms with Crippen LogP contribution in [-0.4, -0.2) is 50.6 Å². The standard InChI is InChI=1S/C27H22FN7O2S/c1-38(36,37)5-3-15-6-16(8-19(28)7-15)21-2-4-31-26-22(21)11-24(33-26)25-23-10-18(13-32-27(23)35-34-25)17-9-20(29)14-30-12-17/h2,4,6-14H,3,5,29H2,1H3,(H,31,33)(H,32,34,35). The van der Waals surface area contributed by atoms with Crippen LogP contribution in [0.4, 0.5) is 10.1 Å². The Kier molecular flexibility index (Phi) is 5.64. The molecule has 6 rings (SSSR count). The fourth-order valence-electron chi connectivity index (χ4n) is 4.55. The van der Waals surface area contributed by atoms with Crippen LogP contribution in [0.3, 0.4) is 0 Å². The Morgan fingerprint density at radius 1 is 0.947 bits per heavy atom. The number of aromatic amines is 2. The van der Waals surface area contributed by atoms with Gasteiger partial charge in [0, 0.05) is 52.9 Å². The normalized spacial score (nSPS) is 11.9. The van der Waals surface area contributed by atoms with Gasteiger partial charge in [-0.05, 0) is 59.5 Å². The second kappa shape index (κ2) is 9.03. The summed E-state index contributed by atoms with van der Waals surface area (Å²) in [5.74, 6) is -0.481. The van der Waals surface area contributed by atoms with E-state index < -0.39 is 15.7 Å². The van der Waals surface area contributed by atoms with Gasteiger partial charge < -0.3 is 10.7 Å². The number of sulfone groups is 1. The molecular weight excluding hydrogens is 505 g/mol. The first-order valence-electron chi connectivity index (χ1n) is 11.7. The van der Waals surface area contributed by atoms with Crippen LogP contribution in [0.2, 0.25) is 0 Å². The van der Waals surface area contributed by atoms with Gasteiger partial charge in [0.05, 0.1) is 22.8 Å². The number of hydrogen-bond donors (Lipinski definition) is 3. The van der Waals surface area contributed by atoms with Gasteiger partial charge in [-0.3, -0.25) is 10.1 Å². The molecule has 0 bridgehead atoms. The average Bonchev–Trinajstić information content (AvgIpc) is 3.50. The molecule has 0 aliphatic carbocycles. The van der Waals surface area contributed by atoms with E-state index in [1.54, 1.807) is 24.8 Å². The van der Waals surface area contributed by atoms with E-state index >= 15 is 0 Å².